The van der Waals surface area contributed by atoms with E-state index in [1.54, 1.807) is 30.3 Å². The van der Waals surface area contributed by atoms with E-state index in [1.807, 2.05) is 0 Å². The second-order valence-corrected chi connectivity index (χ2v) is 5.88. The van der Waals surface area contributed by atoms with Gasteiger partial charge in [-0.3, -0.25) is 14.8 Å². The van der Waals surface area contributed by atoms with Gasteiger partial charge in [-0.1, -0.05) is 41.4 Å². The van der Waals surface area contributed by atoms with Crippen LogP contribution in [0.4, 0.5) is 11.4 Å². The largest absolute Gasteiger partial charge is 0.288 e. The van der Waals surface area contributed by atoms with Crippen molar-refractivity contribution in [2.24, 2.45) is 0 Å². The minimum atomic E-state index is -0.973. The summed E-state index contributed by atoms with van der Waals surface area (Å²) in [4.78, 5) is 25.8. The second-order valence-electron chi connectivity index (χ2n) is 5.07. The number of nitrogens with zero attached hydrogens (tertiary/aromatic N) is 2. The highest BCUT2D eigenvalue weighted by atomic mass is 35.5. The van der Waals surface area contributed by atoms with Crippen molar-refractivity contribution < 1.29 is 14.8 Å². The molecule has 7 heteroatoms. The Morgan fingerprint density at radius 1 is 1.04 bits per heavy atom. The predicted molar refractivity (Wildman–Crippen MR) is 88.1 cm³/mol. The third kappa shape index (κ3) is 2.91. The summed E-state index contributed by atoms with van der Waals surface area (Å²) in [6.07, 6.45) is -0.121. The maximum Gasteiger partial charge on any atom is 0.259 e. The fraction of sp³-hybridized carbons (Fsp3) is 0.125. The number of para-hydroxylation sites is 1. The summed E-state index contributed by atoms with van der Waals surface area (Å²) >= 11 is 11.8. The number of halogens is 2. The molecule has 0 aromatic heterocycles. The SMILES string of the molecule is O=C1C[C@H](N(O)c2ccccc2)C(=O)N1c1ccc(Cl)c(Cl)c1. The highest BCUT2D eigenvalue weighted by Gasteiger charge is 2.43. The van der Waals surface area contributed by atoms with Crippen molar-refractivity contribution in [3.8, 4) is 0 Å². The van der Waals surface area contributed by atoms with E-state index in [9.17, 15) is 14.8 Å². The molecule has 0 saturated carbocycles. The van der Waals surface area contributed by atoms with Crippen molar-refractivity contribution in [3.05, 3.63) is 58.6 Å². The lowest BCUT2D eigenvalue weighted by Crippen LogP contribution is -2.40. The summed E-state index contributed by atoms with van der Waals surface area (Å²) in [7, 11) is 0. The first kappa shape index (κ1) is 15.8. The summed E-state index contributed by atoms with van der Waals surface area (Å²) in [5.74, 6) is -0.923. The van der Waals surface area contributed by atoms with Crippen LogP contribution in [0.3, 0.4) is 0 Å². The zero-order chi connectivity index (χ0) is 16.6. The third-order valence-corrected chi connectivity index (χ3v) is 4.34. The van der Waals surface area contributed by atoms with Crippen molar-refractivity contribution in [1.82, 2.24) is 0 Å². The van der Waals surface area contributed by atoms with Crippen molar-refractivity contribution in [1.29, 1.82) is 0 Å². The minimum absolute atomic E-state index is 0.121. The van der Waals surface area contributed by atoms with Crippen LogP contribution in [-0.4, -0.2) is 23.1 Å². The van der Waals surface area contributed by atoms with Crippen molar-refractivity contribution >= 4 is 46.4 Å². The first-order chi connectivity index (χ1) is 11.0. The Kier molecular flexibility index (Phi) is 4.26. The molecule has 23 heavy (non-hydrogen) atoms. The highest BCUT2D eigenvalue weighted by molar-refractivity contribution is 6.42. The topological polar surface area (TPSA) is 60.9 Å². The zero-order valence-electron chi connectivity index (χ0n) is 11.8. The van der Waals surface area contributed by atoms with E-state index in [-0.39, 0.29) is 11.4 Å². The lowest BCUT2D eigenvalue weighted by Gasteiger charge is -2.22. The van der Waals surface area contributed by atoms with E-state index in [1.165, 1.54) is 18.2 Å². The molecule has 1 N–H and O–H groups in total. The molecule has 2 amide bonds. The van der Waals surface area contributed by atoms with E-state index >= 15 is 0 Å². The van der Waals surface area contributed by atoms with Gasteiger partial charge in [0.05, 0.1) is 27.8 Å². The zero-order valence-corrected chi connectivity index (χ0v) is 13.3. The number of hydrogen-bond acceptors (Lipinski definition) is 4. The van der Waals surface area contributed by atoms with Crippen LogP contribution in [0.15, 0.2) is 48.5 Å². The molecule has 1 heterocycles. The fourth-order valence-corrected chi connectivity index (χ4v) is 2.76. The number of anilines is 2. The summed E-state index contributed by atoms with van der Waals surface area (Å²) in [6.45, 7) is 0. The Morgan fingerprint density at radius 2 is 1.74 bits per heavy atom. The molecule has 0 radical (unpaired) electrons. The Hall–Kier alpha value is -2.08. The molecule has 0 spiro atoms. The summed E-state index contributed by atoms with van der Waals surface area (Å²) in [5.41, 5.74) is 0.771. The average molecular weight is 351 g/mol. The predicted octanol–water partition coefficient (Wildman–Crippen LogP) is 3.52. The van der Waals surface area contributed by atoms with Gasteiger partial charge in [-0.15, -0.1) is 0 Å². The van der Waals surface area contributed by atoms with Gasteiger partial charge >= 0.3 is 0 Å². The fourth-order valence-electron chi connectivity index (χ4n) is 2.46. The van der Waals surface area contributed by atoms with Crippen LogP contribution in [0.1, 0.15) is 6.42 Å². The summed E-state index contributed by atoms with van der Waals surface area (Å²) < 4.78 is 0. The van der Waals surface area contributed by atoms with Gasteiger partial charge in [-0.25, -0.2) is 9.96 Å². The van der Waals surface area contributed by atoms with Gasteiger partial charge in [0, 0.05) is 0 Å². The Balaban J connectivity index is 1.89. The number of benzene rings is 2. The van der Waals surface area contributed by atoms with Crippen molar-refractivity contribution in [2.45, 2.75) is 12.5 Å². The molecule has 3 rings (SSSR count). The molecule has 0 aliphatic carbocycles. The molecular weight excluding hydrogens is 339 g/mol. The normalized spacial score (nSPS) is 17.7. The summed E-state index contributed by atoms with van der Waals surface area (Å²) in [5, 5.41) is 11.7. The number of hydroxylamine groups is 1. The van der Waals surface area contributed by atoms with Crippen molar-refractivity contribution in [2.75, 3.05) is 9.96 Å². The Morgan fingerprint density at radius 3 is 2.39 bits per heavy atom. The van der Waals surface area contributed by atoms with Gasteiger partial charge in [0.1, 0.15) is 6.04 Å². The van der Waals surface area contributed by atoms with Gasteiger partial charge in [0.25, 0.3) is 5.91 Å². The number of hydrogen-bond donors (Lipinski definition) is 1. The number of carbonyl (C=O) groups excluding carboxylic acids is 2. The van der Waals surface area contributed by atoms with Crippen LogP contribution < -0.4 is 9.96 Å². The van der Waals surface area contributed by atoms with Crippen LogP contribution in [0.5, 0.6) is 0 Å². The van der Waals surface area contributed by atoms with Gasteiger partial charge in [-0.2, -0.15) is 0 Å². The second kappa shape index (κ2) is 6.20. The van der Waals surface area contributed by atoms with Crippen molar-refractivity contribution in [3.63, 3.8) is 0 Å². The average Bonchev–Trinajstić information content (AvgIpc) is 2.85. The third-order valence-electron chi connectivity index (χ3n) is 3.60. The molecule has 2 aromatic rings. The maximum atomic E-state index is 12.6. The standard InChI is InChI=1S/C16H12Cl2N2O3/c17-12-7-6-11(8-13(12)18)19-15(21)9-14(16(19)22)20(23)10-4-2-1-3-5-10/h1-8,14,23H,9H2/t14-/m0/s1. The van der Waals surface area contributed by atoms with Gasteiger partial charge in [0.2, 0.25) is 5.91 Å². The molecule has 1 aliphatic heterocycles. The maximum absolute atomic E-state index is 12.6. The molecule has 1 atom stereocenters. The number of rotatable bonds is 3. The molecule has 118 valence electrons. The Labute approximate surface area is 142 Å². The smallest absolute Gasteiger partial charge is 0.259 e. The molecule has 2 aromatic carbocycles. The lowest BCUT2D eigenvalue weighted by atomic mass is 10.2. The monoisotopic (exact) mass is 350 g/mol. The minimum Gasteiger partial charge on any atom is -0.288 e. The Bertz CT molecular complexity index is 767. The van der Waals surface area contributed by atoms with E-state index in [2.05, 4.69) is 0 Å². The van der Waals surface area contributed by atoms with Crippen LogP contribution in [0, 0.1) is 0 Å². The van der Waals surface area contributed by atoms with Gasteiger partial charge in [-0.05, 0) is 30.3 Å². The van der Waals surface area contributed by atoms with Gasteiger partial charge in [0.15, 0.2) is 0 Å². The molecular formula is C16H12Cl2N2O3. The van der Waals surface area contributed by atoms with Gasteiger partial charge < -0.3 is 0 Å². The van der Waals surface area contributed by atoms with Crippen LogP contribution in [-0.2, 0) is 9.59 Å². The van der Waals surface area contributed by atoms with E-state index < -0.39 is 17.9 Å². The van der Waals surface area contributed by atoms with E-state index in [0.717, 1.165) is 9.96 Å². The number of carbonyl (C=O) groups is 2. The number of imide groups is 1. The summed E-state index contributed by atoms with van der Waals surface area (Å²) in [6, 6.07) is 12.1. The first-order valence-corrected chi connectivity index (χ1v) is 7.59. The molecule has 1 fully saturated rings. The number of amides is 2. The van der Waals surface area contributed by atoms with Crippen LogP contribution in [0.25, 0.3) is 0 Å². The van der Waals surface area contributed by atoms with E-state index in [0.29, 0.717) is 16.4 Å². The van der Waals surface area contributed by atoms with Crippen LogP contribution in [0.2, 0.25) is 10.0 Å². The quantitative estimate of drug-likeness (QED) is 0.679. The molecule has 1 aliphatic rings. The molecule has 5 nitrogen and oxygen atoms in total. The molecule has 0 unspecified atom stereocenters. The molecule has 1 saturated heterocycles. The molecule has 0 bridgehead atoms. The lowest BCUT2D eigenvalue weighted by molar-refractivity contribution is -0.121. The van der Waals surface area contributed by atoms with E-state index in [4.69, 9.17) is 23.2 Å². The first-order valence-electron chi connectivity index (χ1n) is 6.84. The highest BCUT2D eigenvalue weighted by Crippen LogP contribution is 2.31. The van der Waals surface area contributed by atoms with Crippen LogP contribution >= 0.6 is 23.2 Å².